The zero-order chi connectivity index (χ0) is 21.0. The van der Waals surface area contributed by atoms with Crippen LogP contribution in [0.5, 0.6) is 5.75 Å². The molecular weight excluding hydrogens is 388 g/mol. The van der Waals surface area contributed by atoms with E-state index in [4.69, 9.17) is 25.4 Å². The summed E-state index contributed by atoms with van der Waals surface area (Å²) in [4.78, 5) is 19.6. The van der Waals surface area contributed by atoms with E-state index in [1.807, 2.05) is 18.2 Å². The largest absolute Gasteiger partial charge is 0.485 e. The second-order valence-corrected chi connectivity index (χ2v) is 9.28. The minimum absolute atomic E-state index is 0.0708. The number of ether oxygens (including phenoxy) is 1. The van der Waals surface area contributed by atoms with E-state index < -0.39 is 0 Å². The molecule has 5 heterocycles. The first-order chi connectivity index (χ1) is 15.1. The Kier molecular flexibility index (Phi) is 4.42. The van der Waals surface area contributed by atoms with Gasteiger partial charge in [0.05, 0.1) is 24.0 Å². The lowest BCUT2D eigenvalue weighted by molar-refractivity contribution is 0.0430. The van der Waals surface area contributed by atoms with E-state index in [0.717, 1.165) is 79.1 Å². The molecule has 1 aromatic carbocycles. The fourth-order valence-corrected chi connectivity index (χ4v) is 5.62. The molecule has 2 N–H and O–H groups in total. The van der Waals surface area contributed by atoms with Crippen LogP contribution in [-0.2, 0) is 6.54 Å². The highest BCUT2D eigenvalue weighted by atomic mass is 16.5. The Morgan fingerprint density at radius 2 is 1.77 bits per heavy atom. The van der Waals surface area contributed by atoms with Crippen molar-refractivity contribution < 1.29 is 4.74 Å². The van der Waals surface area contributed by atoms with Gasteiger partial charge < -0.3 is 20.3 Å². The number of amidine groups is 1. The van der Waals surface area contributed by atoms with Gasteiger partial charge >= 0.3 is 0 Å². The Balaban J connectivity index is 1.20. The Morgan fingerprint density at radius 3 is 2.55 bits per heavy atom. The van der Waals surface area contributed by atoms with Crippen molar-refractivity contribution >= 4 is 11.7 Å². The van der Waals surface area contributed by atoms with E-state index in [9.17, 15) is 0 Å². The molecule has 1 aromatic heterocycles. The fourth-order valence-electron chi connectivity index (χ4n) is 5.62. The minimum atomic E-state index is -0.303. The molecule has 0 unspecified atom stereocenters. The van der Waals surface area contributed by atoms with Crippen LogP contribution >= 0.6 is 0 Å². The molecule has 31 heavy (non-hydrogen) atoms. The fraction of sp³-hybridized carbons (Fsp3) is 0.542. The van der Waals surface area contributed by atoms with Crippen LogP contribution in [0.2, 0.25) is 0 Å². The highest BCUT2D eigenvalue weighted by Crippen LogP contribution is 2.47. The third-order valence-electron chi connectivity index (χ3n) is 7.41. The van der Waals surface area contributed by atoms with E-state index in [-0.39, 0.29) is 11.6 Å². The van der Waals surface area contributed by atoms with Gasteiger partial charge in [-0.2, -0.15) is 0 Å². The summed E-state index contributed by atoms with van der Waals surface area (Å²) in [5, 5.41) is 0. The van der Waals surface area contributed by atoms with Crippen molar-refractivity contribution in [3.8, 4) is 5.75 Å². The second kappa shape index (κ2) is 7.19. The van der Waals surface area contributed by atoms with Gasteiger partial charge in [-0.05, 0) is 32.3 Å². The van der Waals surface area contributed by atoms with Crippen molar-refractivity contribution in [2.45, 2.75) is 57.2 Å². The third-order valence-corrected chi connectivity index (χ3v) is 7.41. The number of para-hydroxylation sites is 1. The first kappa shape index (κ1) is 19.0. The third kappa shape index (κ3) is 3.01. The van der Waals surface area contributed by atoms with Crippen molar-refractivity contribution in [3.05, 3.63) is 46.9 Å². The normalized spacial score (nSPS) is 24.1. The average molecular weight is 419 g/mol. The van der Waals surface area contributed by atoms with E-state index in [1.165, 1.54) is 19.3 Å². The number of fused-ring (bicyclic) bond motifs is 2. The molecule has 1 spiro atoms. The number of nitrogens with zero attached hydrogens (tertiary/aromatic N) is 5. The average Bonchev–Trinajstić information content (AvgIpc) is 3.33. The van der Waals surface area contributed by atoms with Gasteiger partial charge in [-0.1, -0.05) is 18.2 Å². The molecule has 4 aliphatic heterocycles. The Labute approximate surface area is 183 Å². The number of aliphatic imine (C=N–C) groups is 1. The number of aryl methyl sites for hydroxylation is 1. The van der Waals surface area contributed by atoms with Crippen molar-refractivity contribution in [2.75, 3.05) is 31.1 Å². The van der Waals surface area contributed by atoms with E-state index in [1.54, 1.807) is 0 Å². The van der Waals surface area contributed by atoms with Crippen LogP contribution in [0.1, 0.15) is 60.8 Å². The molecule has 7 nitrogen and oxygen atoms in total. The molecule has 0 aliphatic carbocycles. The zero-order valence-corrected chi connectivity index (χ0v) is 18.2. The number of aromatic nitrogens is 2. The predicted molar refractivity (Wildman–Crippen MR) is 121 cm³/mol. The lowest BCUT2D eigenvalue weighted by atomic mass is 9.83. The van der Waals surface area contributed by atoms with Crippen molar-refractivity contribution in [1.82, 2.24) is 14.9 Å². The maximum atomic E-state index is 6.64. The molecule has 0 saturated carbocycles. The molecule has 0 amide bonds. The highest BCUT2D eigenvalue weighted by molar-refractivity contribution is 6.00. The number of likely N-dealkylation sites (tertiary alicyclic amines) is 1. The summed E-state index contributed by atoms with van der Waals surface area (Å²) in [5.74, 6) is 2.99. The molecule has 7 heteroatoms. The van der Waals surface area contributed by atoms with Gasteiger partial charge in [0.2, 0.25) is 0 Å². The van der Waals surface area contributed by atoms with Crippen LogP contribution in [-0.4, -0.2) is 52.5 Å². The summed E-state index contributed by atoms with van der Waals surface area (Å²) in [6.07, 6.45) is 5.56. The minimum Gasteiger partial charge on any atom is -0.485 e. The van der Waals surface area contributed by atoms with E-state index in [0.29, 0.717) is 6.54 Å². The quantitative estimate of drug-likeness (QED) is 0.767. The summed E-state index contributed by atoms with van der Waals surface area (Å²) in [6, 6.07) is 8.12. The molecule has 0 radical (unpaired) electrons. The summed E-state index contributed by atoms with van der Waals surface area (Å²) in [6.45, 7) is 6.62. The summed E-state index contributed by atoms with van der Waals surface area (Å²) in [5.41, 5.74) is 10.5. The number of nitrogens with two attached hydrogens (primary N) is 1. The number of hydrogen-bond donors (Lipinski definition) is 1. The smallest absolute Gasteiger partial charge is 0.152 e. The van der Waals surface area contributed by atoms with E-state index >= 15 is 0 Å². The Hall–Kier alpha value is -2.67. The molecule has 4 aliphatic rings. The molecule has 162 valence electrons. The summed E-state index contributed by atoms with van der Waals surface area (Å²) >= 11 is 0. The topological polar surface area (TPSA) is 79.9 Å². The van der Waals surface area contributed by atoms with Crippen molar-refractivity contribution in [2.24, 2.45) is 10.7 Å². The second-order valence-electron chi connectivity index (χ2n) is 9.28. The Morgan fingerprint density at radius 1 is 1.00 bits per heavy atom. The van der Waals surface area contributed by atoms with E-state index in [2.05, 4.69) is 22.8 Å². The number of rotatable bonds is 1. The number of hydrogen-bond acceptors (Lipinski definition) is 7. The summed E-state index contributed by atoms with van der Waals surface area (Å²) in [7, 11) is 0. The van der Waals surface area contributed by atoms with Crippen LogP contribution in [0.25, 0.3) is 0 Å². The first-order valence-corrected chi connectivity index (χ1v) is 11.6. The molecule has 2 saturated heterocycles. The van der Waals surface area contributed by atoms with Crippen molar-refractivity contribution in [1.29, 1.82) is 0 Å². The van der Waals surface area contributed by atoms with Gasteiger partial charge in [-0.3, -0.25) is 4.99 Å². The number of piperidine rings is 2. The number of anilines is 1. The van der Waals surface area contributed by atoms with Gasteiger partial charge in [-0.25, -0.2) is 9.97 Å². The zero-order valence-electron chi connectivity index (χ0n) is 18.2. The maximum Gasteiger partial charge on any atom is 0.152 e. The van der Waals surface area contributed by atoms with Crippen molar-refractivity contribution in [3.63, 3.8) is 0 Å². The van der Waals surface area contributed by atoms with Crippen LogP contribution in [0.4, 0.5) is 5.82 Å². The van der Waals surface area contributed by atoms with Gasteiger partial charge in [0, 0.05) is 44.6 Å². The molecule has 6 rings (SSSR count). The van der Waals surface area contributed by atoms with Crippen LogP contribution < -0.4 is 15.4 Å². The first-order valence-electron chi connectivity index (χ1n) is 11.6. The lowest BCUT2D eigenvalue weighted by Gasteiger charge is -2.41. The number of benzene rings is 1. The maximum absolute atomic E-state index is 6.64. The molecule has 0 bridgehead atoms. The lowest BCUT2D eigenvalue weighted by Crippen LogP contribution is -2.51. The SMILES string of the molecule is Cc1nc2c(nc1N1CCC3(CC1)Oc1ccccc1[C@H]3N)CN=C2N1CCCCC1. The summed E-state index contributed by atoms with van der Waals surface area (Å²) < 4.78 is 6.41. The highest BCUT2D eigenvalue weighted by Gasteiger charge is 2.48. The van der Waals surface area contributed by atoms with Gasteiger partial charge in [0.1, 0.15) is 22.9 Å². The van der Waals surface area contributed by atoms with Crippen LogP contribution in [0, 0.1) is 6.92 Å². The molecule has 2 aromatic rings. The molecule has 2 fully saturated rings. The van der Waals surface area contributed by atoms with Gasteiger partial charge in [0.15, 0.2) is 5.84 Å². The predicted octanol–water partition coefficient (Wildman–Crippen LogP) is 2.96. The van der Waals surface area contributed by atoms with Crippen LogP contribution in [0.15, 0.2) is 29.3 Å². The van der Waals surface area contributed by atoms with Gasteiger partial charge in [0.25, 0.3) is 0 Å². The van der Waals surface area contributed by atoms with Gasteiger partial charge in [-0.15, -0.1) is 0 Å². The standard InChI is InChI=1S/C24H30N6O/c1-16-22(28-18-15-26-23(20(18)27-16)29-11-5-2-6-12-29)30-13-9-24(10-14-30)21(25)17-7-3-4-8-19(17)31-24/h3-4,7-8,21H,2,5-6,9-15,25H2,1H3/t21-/m1/s1. The Bertz CT molecular complexity index is 1040. The van der Waals surface area contributed by atoms with Crippen LogP contribution in [0.3, 0.4) is 0 Å². The monoisotopic (exact) mass is 418 g/mol. The molecule has 1 atom stereocenters. The molecular formula is C24H30N6O.